The monoisotopic (exact) mass is 288 g/mol. The minimum atomic E-state index is -4.56. The third-order valence-electron chi connectivity index (χ3n) is 1.92. The first-order valence-corrected chi connectivity index (χ1v) is 5.80. The van der Waals surface area contributed by atoms with E-state index < -0.39 is 17.2 Å². The molecule has 1 aromatic heterocycles. The summed E-state index contributed by atoms with van der Waals surface area (Å²) in [6.45, 7) is 0. The van der Waals surface area contributed by atoms with Gasteiger partial charge in [0.25, 0.3) is 0 Å². The van der Waals surface area contributed by atoms with Gasteiger partial charge in [0.1, 0.15) is 0 Å². The highest BCUT2D eigenvalue weighted by molar-refractivity contribution is 7.15. The van der Waals surface area contributed by atoms with E-state index in [0.717, 1.165) is 0 Å². The summed E-state index contributed by atoms with van der Waals surface area (Å²) in [4.78, 5) is 11.5. The highest BCUT2D eigenvalue weighted by Crippen LogP contribution is 2.32. The quantitative estimate of drug-likeness (QED) is 0.891. The van der Waals surface area contributed by atoms with Gasteiger partial charge in [-0.05, 0) is 12.1 Å². The average Bonchev–Trinajstić information content (AvgIpc) is 2.78. The summed E-state index contributed by atoms with van der Waals surface area (Å²) < 4.78 is 36.8. The van der Waals surface area contributed by atoms with Gasteiger partial charge >= 0.3 is 12.2 Å². The Balaban J connectivity index is 1.98. The Morgan fingerprint density at radius 1 is 1.11 bits per heavy atom. The maximum atomic E-state index is 12.3. The van der Waals surface area contributed by atoms with Crippen LogP contribution in [0.1, 0.15) is 5.01 Å². The third kappa shape index (κ3) is 3.65. The molecule has 0 radical (unpaired) electrons. The number of aromatic nitrogens is 2. The molecule has 2 aromatic rings. The van der Waals surface area contributed by atoms with Crippen LogP contribution in [-0.4, -0.2) is 16.2 Å². The molecule has 0 spiro atoms. The van der Waals surface area contributed by atoms with Crippen LogP contribution in [0.15, 0.2) is 30.3 Å². The van der Waals surface area contributed by atoms with Gasteiger partial charge in [0, 0.05) is 5.69 Å². The van der Waals surface area contributed by atoms with Gasteiger partial charge < -0.3 is 5.32 Å². The molecule has 2 amide bonds. The Morgan fingerprint density at radius 2 is 1.79 bits per heavy atom. The molecule has 0 unspecified atom stereocenters. The molecule has 2 N–H and O–H groups in total. The Hall–Kier alpha value is -2.16. The molecule has 2 rings (SSSR count). The highest BCUT2D eigenvalue weighted by Gasteiger charge is 2.35. The summed E-state index contributed by atoms with van der Waals surface area (Å²) in [7, 11) is 0. The summed E-state index contributed by atoms with van der Waals surface area (Å²) in [5, 5.41) is 9.48. The van der Waals surface area contributed by atoms with Crippen LogP contribution in [0.4, 0.5) is 28.8 Å². The van der Waals surface area contributed by atoms with Crippen LogP contribution in [0.2, 0.25) is 0 Å². The molecule has 0 atom stereocenters. The lowest BCUT2D eigenvalue weighted by atomic mass is 10.3. The van der Waals surface area contributed by atoms with Crippen molar-refractivity contribution in [3.63, 3.8) is 0 Å². The van der Waals surface area contributed by atoms with Gasteiger partial charge in [0.2, 0.25) is 10.1 Å². The number of para-hydroxylation sites is 1. The molecule has 0 bridgehead atoms. The van der Waals surface area contributed by atoms with Crippen LogP contribution in [0.3, 0.4) is 0 Å². The number of benzene rings is 1. The normalized spacial score (nSPS) is 11.1. The van der Waals surface area contributed by atoms with Crippen LogP contribution in [0, 0.1) is 0 Å². The second-order valence-corrected chi connectivity index (χ2v) is 4.33. The average molecular weight is 288 g/mol. The zero-order chi connectivity index (χ0) is 13.9. The Morgan fingerprint density at radius 3 is 2.37 bits per heavy atom. The van der Waals surface area contributed by atoms with Crippen LogP contribution >= 0.6 is 11.3 Å². The number of urea groups is 1. The number of nitrogens with one attached hydrogen (secondary N) is 2. The number of nitrogens with zero attached hydrogens (tertiary/aromatic N) is 2. The van der Waals surface area contributed by atoms with E-state index in [1.54, 1.807) is 30.3 Å². The molecule has 100 valence electrons. The topological polar surface area (TPSA) is 66.9 Å². The van der Waals surface area contributed by atoms with Crippen molar-refractivity contribution in [2.24, 2.45) is 0 Å². The molecule has 1 aromatic carbocycles. The molecule has 0 aliphatic carbocycles. The lowest BCUT2D eigenvalue weighted by Gasteiger charge is -2.04. The predicted octanol–water partition coefficient (Wildman–Crippen LogP) is 3.20. The number of amides is 2. The van der Waals surface area contributed by atoms with Crippen LogP contribution < -0.4 is 10.6 Å². The first kappa shape index (κ1) is 13.3. The van der Waals surface area contributed by atoms with E-state index in [1.165, 1.54) is 0 Å². The van der Waals surface area contributed by atoms with E-state index in [9.17, 15) is 18.0 Å². The number of carbonyl (C=O) groups excluding carboxylic acids is 1. The second kappa shape index (κ2) is 5.22. The maximum absolute atomic E-state index is 12.3. The molecule has 5 nitrogen and oxygen atoms in total. The molecular formula is C10H7F3N4OS. The van der Waals surface area contributed by atoms with Gasteiger partial charge in [-0.1, -0.05) is 29.5 Å². The molecule has 0 saturated carbocycles. The fourth-order valence-corrected chi connectivity index (χ4v) is 1.78. The zero-order valence-electron chi connectivity index (χ0n) is 9.23. The molecular weight excluding hydrogens is 281 g/mol. The minimum absolute atomic E-state index is 0.222. The van der Waals surface area contributed by atoms with E-state index in [4.69, 9.17) is 0 Å². The zero-order valence-corrected chi connectivity index (χ0v) is 10.0. The molecule has 9 heteroatoms. The Bertz CT molecular complexity index is 570. The Kier molecular flexibility index (Phi) is 3.65. The van der Waals surface area contributed by atoms with Crippen LogP contribution in [-0.2, 0) is 6.18 Å². The van der Waals surface area contributed by atoms with Crippen molar-refractivity contribution in [3.05, 3.63) is 35.3 Å². The number of hydrogen-bond acceptors (Lipinski definition) is 4. The van der Waals surface area contributed by atoms with Gasteiger partial charge in [0.05, 0.1) is 0 Å². The van der Waals surface area contributed by atoms with E-state index in [-0.39, 0.29) is 16.5 Å². The highest BCUT2D eigenvalue weighted by atomic mass is 32.1. The molecule has 19 heavy (non-hydrogen) atoms. The largest absolute Gasteiger partial charge is 0.445 e. The van der Waals surface area contributed by atoms with Crippen molar-refractivity contribution in [2.75, 3.05) is 10.6 Å². The van der Waals surface area contributed by atoms with Gasteiger partial charge in [-0.25, -0.2) is 4.79 Å². The standard InChI is InChI=1S/C10H7F3N4OS/c11-10(12,13)7-16-17-9(19-7)15-8(18)14-6-4-2-1-3-5-6/h1-5H,(H2,14,15,17,18). The van der Waals surface area contributed by atoms with Gasteiger partial charge in [-0.3, -0.25) is 5.32 Å². The Labute approximate surface area is 109 Å². The van der Waals surface area contributed by atoms with Crippen molar-refractivity contribution in [2.45, 2.75) is 6.18 Å². The fraction of sp³-hybridized carbons (Fsp3) is 0.100. The van der Waals surface area contributed by atoms with Crippen LogP contribution in [0.5, 0.6) is 0 Å². The second-order valence-electron chi connectivity index (χ2n) is 3.36. The first-order chi connectivity index (χ1) is 8.95. The van der Waals surface area contributed by atoms with Crippen molar-refractivity contribution < 1.29 is 18.0 Å². The van der Waals surface area contributed by atoms with Crippen molar-refractivity contribution in [3.8, 4) is 0 Å². The predicted molar refractivity (Wildman–Crippen MR) is 64.0 cm³/mol. The number of halogens is 3. The molecule has 0 saturated heterocycles. The van der Waals surface area contributed by atoms with Gasteiger partial charge in [-0.15, -0.1) is 10.2 Å². The molecule has 0 fully saturated rings. The lowest BCUT2D eigenvalue weighted by molar-refractivity contribution is -0.138. The molecule has 0 aliphatic rings. The summed E-state index contributed by atoms with van der Waals surface area (Å²) in [6, 6.07) is 7.78. The smallest absolute Gasteiger partial charge is 0.308 e. The maximum Gasteiger partial charge on any atom is 0.445 e. The van der Waals surface area contributed by atoms with Crippen molar-refractivity contribution in [1.29, 1.82) is 0 Å². The van der Waals surface area contributed by atoms with E-state index >= 15 is 0 Å². The van der Waals surface area contributed by atoms with E-state index in [2.05, 4.69) is 20.8 Å². The number of anilines is 2. The van der Waals surface area contributed by atoms with Crippen molar-refractivity contribution in [1.82, 2.24) is 10.2 Å². The number of alkyl halides is 3. The van der Waals surface area contributed by atoms with Crippen molar-refractivity contribution >= 4 is 28.2 Å². The number of carbonyl (C=O) groups is 1. The summed E-state index contributed by atoms with van der Waals surface area (Å²) in [6.07, 6.45) is -4.56. The third-order valence-corrected chi connectivity index (χ3v) is 2.80. The SMILES string of the molecule is O=C(Nc1ccccc1)Nc1nnc(C(F)(F)F)s1. The first-order valence-electron chi connectivity index (χ1n) is 4.99. The summed E-state index contributed by atoms with van der Waals surface area (Å²) in [5.41, 5.74) is 0.514. The number of hydrogen-bond donors (Lipinski definition) is 2. The van der Waals surface area contributed by atoms with E-state index in [0.29, 0.717) is 5.69 Å². The van der Waals surface area contributed by atoms with Gasteiger partial charge in [0.15, 0.2) is 0 Å². The minimum Gasteiger partial charge on any atom is -0.308 e. The molecule has 0 aliphatic heterocycles. The van der Waals surface area contributed by atoms with E-state index in [1.807, 2.05) is 0 Å². The number of rotatable bonds is 2. The molecule has 1 heterocycles. The summed E-state index contributed by atoms with van der Waals surface area (Å²) >= 11 is 0.260. The van der Waals surface area contributed by atoms with Gasteiger partial charge in [-0.2, -0.15) is 13.2 Å². The van der Waals surface area contributed by atoms with Crippen LogP contribution in [0.25, 0.3) is 0 Å². The fourth-order valence-electron chi connectivity index (χ4n) is 1.17. The summed E-state index contributed by atoms with van der Waals surface area (Å²) in [5.74, 6) is 0. The lowest BCUT2D eigenvalue weighted by Crippen LogP contribution is -2.19.